The molecule has 0 aromatic carbocycles. The summed E-state index contributed by atoms with van der Waals surface area (Å²) in [7, 11) is 0. The van der Waals surface area contributed by atoms with Crippen molar-refractivity contribution in [2.24, 2.45) is 11.3 Å². The molecule has 0 spiro atoms. The van der Waals surface area contributed by atoms with Gasteiger partial charge in [-0.3, -0.25) is 4.79 Å². The number of hydrogen-bond donors (Lipinski definition) is 2. The number of carbonyl (C=O) groups excluding carboxylic acids is 1. The second-order valence-corrected chi connectivity index (χ2v) is 4.52. The molecular weight excluding hydrogens is 166 g/mol. The maximum atomic E-state index is 11.1. The topological polar surface area (TPSA) is 49.3 Å². The SMILES string of the molecule is CC(C)C(=O)NCCC(C)(C)CO. The molecule has 3 nitrogen and oxygen atoms in total. The quantitative estimate of drug-likeness (QED) is 0.678. The Labute approximate surface area is 80.5 Å². The van der Waals surface area contributed by atoms with Crippen LogP contribution in [0, 0.1) is 11.3 Å². The predicted octanol–water partition coefficient (Wildman–Crippen LogP) is 1.17. The van der Waals surface area contributed by atoms with Gasteiger partial charge < -0.3 is 10.4 Å². The first-order valence-electron chi connectivity index (χ1n) is 4.77. The largest absolute Gasteiger partial charge is 0.396 e. The highest BCUT2D eigenvalue weighted by atomic mass is 16.3. The minimum Gasteiger partial charge on any atom is -0.396 e. The van der Waals surface area contributed by atoms with Gasteiger partial charge in [0.1, 0.15) is 0 Å². The van der Waals surface area contributed by atoms with E-state index in [-0.39, 0.29) is 23.8 Å². The fourth-order valence-corrected chi connectivity index (χ4v) is 0.807. The minimum atomic E-state index is -0.0930. The Morgan fingerprint density at radius 3 is 2.38 bits per heavy atom. The van der Waals surface area contributed by atoms with Crippen LogP contribution in [-0.2, 0) is 4.79 Å². The van der Waals surface area contributed by atoms with Crippen LogP contribution in [0.3, 0.4) is 0 Å². The molecule has 2 N–H and O–H groups in total. The number of hydrogen-bond acceptors (Lipinski definition) is 2. The molecule has 3 heteroatoms. The average molecular weight is 187 g/mol. The van der Waals surface area contributed by atoms with Gasteiger partial charge in [0, 0.05) is 19.1 Å². The second kappa shape index (κ2) is 5.22. The summed E-state index contributed by atoms with van der Waals surface area (Å²) < 4.78 is 0. The fourth-order valence-electron chi connectivity index (χ4n) is 0.807. The maximum absolute atomic E-state index is 11.1. The molecule has 0 heterocycles. The van der Waals surface area contributed by atoms with Gasteiger partial charge in [-0.1, -0.05) is 27.7 Å². The van der Waals surface area contributed by atoms with Gasteiger partial charge >= 0.3 is 0 Å². The molecule has 0 aliphatic rings. The summed E-state index contributed by atoms with van der Waals surface area (Å²) in [6.07, 6.45) is 0.808. The number of carbonyl (C=O) groups is 1. The van der Waals surface area contributed by atoms with Crippen LogP contribution in [0.15, 0.2) is 0 Å². The lowest BCUT2D eigenvalue weighted by molar-refractivity contribution is -0.124. The predicted molar refractivity (Wildman–Crippen MR) is 53.3 cm³/mol. The van der Waals surface area contributed by atoms with E-state index in [1.807, 2.05) is 27.7 Å². The average Bonchev–Trinajstić information content (AvgIpc) is 2.04. The lowest BCUT2D eigenvalue weighted by atomic mass is 9.90. The van der Waals surface area contributed by atoms with E-state index >= 15 is 0 Å². The number of aliphatic hydroxyl groups is 1. The van der Waals surface area contributed by atoms with Gasteiger partial charge in [-0.2, -0.15) is 0 Å². The zero-order valence-electron chi connectivity index (χ0n) is 9.05. The van der Waals surface area contributed by atoms with Crippen LogP contribution in [0.1, 0.15) is 34.1 Å². The van der Waals surface area contributed by atoms with Crippen molar-refractivity contribution >= 4 is 5.91 Å². The van der Waals surface area contributed by atoms with E-state index in [1.54, 1.807) is 0 Å². The third-order valence-corrected chi connectivity index (χ3v) is 2.05. The fraction of sp³-hybridized carbons (Fsp3) is 0.900. The van der Waals surface area contributed by atoms with E-state index in [4.69, 9.17) is 5.11 Å². The molecule has 0 saturated carbocycles. The van der Waals surface area contributed by atoms with Crippen molar-refractivity contribution in [3.8, 4) is 0 Å². The Balaban J connectivity index is 3.62. The van der Waals surface area contributed by atoms with Crippen LogP contribution < -0.4 is 5.32 Å². The molecule has 1 amide bonds. The van der Waals surface area contributed by atoms with Crippen LogP contribution in [0.25, 0.3) is 0 Å². The summed E-state index contributed by atoms with van der Waals surface area (Å²) in [6.45, 7) is 8.50. The van der Waals surface area contributed by atoms with E-state index in [9.17, 15) is 4.79 Å². The van der Waals surface area contributed by atoms with Crippen LogP contribution in [-0.4, -0.2) is 24.2 Å². The number of nitrogens with one attached hydrogen (secondary N) is 1. The third-order valence-electron chi connectivity index (χ3n) is 2.05. The van der Waals surface area contributed by atoms with Crippen molar-refractivity contribution < 1.29 is 9.90 Å². The van der Waals surface area contributed by atoms with Crippen LogP contribution in [0.4, 0.5) is 0 Å². The highest BCUT2D eigenvalue weighted by Crippen LogP contribution is 2.17. The number of rotatable bonds is 5. The van der Waals surface area contributed by atoms with Gasteiger partial charge in [-0.05, 0) is 11.8 Å². The number of aliphatic hydroxyl groups excluding tert-OH is 1. The van der Waals surface area contributed by atoms with Crippen LogP contribution in [0.2, 0.25) is 0 Å². The highest BCUT2D eigenvalue weighted by molar-refractivity contribution is 5.77. The summed E-state index contributed by atoms with van der Waals surface area (Å²) in [5.41, 5.74) is -0.0930. The van der Waals surface area contributed by atoms with Crippen molar-refractivity contribution in [2.45, 2.75) is 34.1 Å². The normalized spacial score (nSPS) is 11.8. The smallest absolute Gasteiger partial charge is 0.222 e. The van der Waals surface area contributed by atoms with Gasteiger partial charge in [0.05, 0.1) is 0 Å². The third kappa shape index (κ3) is 5.64. The first-order valence-corrected chi connectivity index (χ1v) is 4.77. The summed E-state index contributed by atoms with van der Waals surface area (Å²) in [6, 6.07) is 0. The molecule has 0 aliphatic heterocycles. The van der Waals surface area contributed by atoms with E-state index < -0.39 is 0 Å². The van der Waals surface area contributed by atoms with Gasteiger partial charge in [0.25, 0.3) is 0 Å². The summed E-state index contributed by atoms with van der Waals surface area (Å²) in [4.78, 5) is 11.1. The van der Waals surface area contributed by atoms with Gasteiger partial charge in [0.2, 0.25) is 5.91 Å². The highest BCUT2D eigenvalue weighted by Gasteiger charge is 2.16. The minimum absolute atomic E-state index is 0.0391. The summed E-state index contributed by atoms with van der Waals surface area (Å²) in [5, 5.41) is 11.8. The van der Waals surface area contributed by atoms with Crippen LogP contribution in [0.5, 0.6) is 0 Å². The molecule has 0 rings (SSSR count). The molecule has 13 heavy (non-hydrogen) atoms. The Morgan fingerprint density at radius 1 is 1.46 bits per heavy atom. The van der Waals surface area contributed by atoms with E-state index in [1.165, 1.54) is 0 Å². The van der Waals surface area contributed by atoms with Crippen molar-refractivity contribution in [3.63, 3.8) is 0 Å². The van der Waals surface area contributed by atoms with E-state index in [2.05, 4.69) is 5.32 Å². The molecule has 0 aliphatic carbocycles. The molecule has 0 saturated heterocycles. The van der Waals surface area contributed by atoms with Crippen molar-refractivity contribution in [1.82, 2.24) is 5.32 Å². The van der Waals surface area contributed by atoms with Gasteiger partial charge in [0.15, 0.2) is 0 Å². The number of amides is 1. The molecular formula is C10H21NO2. The molecule has 0 fully saturated rings. The molecule has 0 aromatic rings. The van der Waals surface area contributed by atoms with E-state index in [0.29, 0.717) is 6.54 Å². The summed E-state index contributed by atoms with van der Waals surface area (Å²) >= 11 is 0. The molecule has 0 atom stereocenters. The zero-order valence-corrected chi connectivity index (χ0v) is 9.05. The molecule has 0 unspecified atom stereocenters. The standard InChI is InChI=1S/C10H21NO2/c1-8(2)9(13)11-6-5-10(3,4)7-12/h8,12H,5-7H2,1-4H3,(H,11,13). The second-order valence-electron chi connectivity index (χ2n) is 4.52. The van der Waals surface area contributed by atoms with Gasteiger partial charge in [-0.25, -0.2) is 0 Å². The first kappa shape index (κ1) is 12.4. The molecule has 0 aromatic heterocycles. The Morgan fingerprint density at radius 2 is 2.00 bits per heavy atom. The maximum Gasteiger partial charge on any atom is 0.222 e. The summed E-state index contributed by atoms with van der Waals surface area (Å²) in [5.74, 6) is 0.117. The molecule has 0 radical (unpaired) electrons. The Hall–Kier alpha value is -0.570. The van der Waals surface area contributed by atoms with Gasteiger partial charge in [-0.15, -0.1) is 0 Å². The van der Waals surface area contributed by atoms with Crippen LogP contribution >= 0.6 is 0 Å². The van der Waals surface area contributed by atoms with Crippen molar-refractivity contribution in [1.29, 1.82) is 0 Å². The molecule has 0 bridgehead atoms. The van der Waals surface area contributed by atoms with E-state index in [0.717, 1.165) is 6.42 Å². The first-order chi connectivity index (χ1) is 5.89. The Kier molecular flexibility index (Phi) is 4.99. The van der Waals surface area contributed by atoms with Crippen molar-refractivity contribution in [3.05, 3.63) is 0 Å². The van der Waals surface area contributed by atoms with Crippen molar-refractivity contribution in [2.75, 3.05) is 13.2 Å². The zero-order chi connectivity index (χ0) is 10.5. The lowest BCUT2D eigenvalue weighted by Gasteiger charge is -2.21. The lowest BCUT2D eigenvalue weighted by Crippen LogP contribution is -2.32. The molecule has 78 valence electrons. The Bertz CT molecular complexity index is 164. The monoisotopic (exact) mass is 187 g/mol.